The van der Waals surface area contributed by atoms with Crippen LogP contribution in [0.1, 0.15) is 29.8 Å². The molecule has 1 saturated heterocycles. The molecule has 0 aliphatic carbocycles. The molecule has 1 amide bonds. The van der Waals surface area contributed by atoms with Crippen LogP contribution in [0.15, 0.2) is 6.20 Å². The molecule has 1 aliphatic rings. The highest BCUT2D eigenvalue weighted by molar-refractivity contribution is 5.92. The highest BCUT2D eigenvalue weighted by Gasteiger charge is 2.43. The number of nitrogens with one attached hydrogen (secondary N) is 1. The molecule has 1 aliphatic heterocycles. The lowest BCUT2D eigenvalue weighted by Crippen LogP contribution is -2.50. The first kappa shape index (κ1) is 14.4. The summed E-state index contributed by atoms with van der Waals surface area (Å²) in [5.74, 6) is -1.17. The third-order valence-electron chi connectivity index (χ3n) is 3.74. The number of carboxylic acid groups (broad SMARTS) is 1. The summed E-state index contributed by atoms with van der Waals surface area (Å²) in [7, 11) is 1.54. The molecule has 110 valence electrons. The summed E-state index contributed by atoms with van der Waals surface area (Å²) < 4.78 is 4.99. The first-order chi connectivity index (χ1) is 9.59. The second kappa shape index (κ2) is 6.00. The zero-order chi connectivity index (χ0) is 14.6. The van der Waals surface area contributed by atoms with Gasteiger partial charge in [-0.15, -0.1) is 0 Å². The van der Waals surface area contributed by atoms with E-state index in [0.717, 1.165) is 0 Å². The second-order valence-corrected chi connectivity index (χ2v) is 5.01. The van der Waals surface area contributed by atoms with Gasteiger partial charge in [-0.2, -0.15) is 15.4 Å². The summed E-state index contributed by atoms with van der Waals surface area (Å²) in [4.78, 5) is 25.4. The lowest BCUT2D eigenvalue weighted by atomic mass is 9.77. The molecule has 2 heterocycles. The predicted molar refractivity (Wildman–Crippen MR) is 68.1 cm³/mol. The maximum Gasteiger partial charge on any atom is 0.311 e. The first-order valence-corrected chi connectivity index (χ1v) is 6.46. The standard InChI is InChI=1S/C12H18N4O4/c1-20-6-4-12(11(18)19)3-2-5-16(8-12)10(17)9-7-13-15-14-9/h7H,2-6,8H2,1H3,(H,18,19)(H,13,14,15). The Morgan fingerprint density at radius 3 is 3.00 bits per heavy atom. The minimum Gasteiger partial charge on any atom is -0.481 e. The molecule has 20 heavy (non-hydrogen) atoms. The normalized spacial score (nSPS) is 22.8. The Hall–Kier alpha value is -1.96. The van der Waals surface area contributed by atoms with Gasteiger partial charge in [-0.25, -0.2) is 0 Å². The molecule has 1 aromatic heterocycles. The number of hydrogen-bond donors (Lipinski definition) is 2. The number of aliphatic carboxylic acids is 1. The topological polar surface area (TPSA) is 108 Å². The Balaban J connectivity index is 2.13. The Morgan fingerprint density at radius 2 is 2.40 bits per heavy atom. The number of likely N-dealkylation sites (tertiary alicyclic amines) is 1. The molecule has 8 heteroatoms. The van der Waals surface area contributed by atoms with Crippen LogP contribution in [0.5, 0.6) is 0 Å². The van der Waals surface area contributed by atoms with Crippen LogP contribution in [-0.2, 0) is 9.53 Å². The first-order valence-electron chi connectivity index (χ1n) is 6.46. The van der Waals surface area contributed by atoms with Gasteiger partial charge in [0.1, 0.15) is 0 Å². The van der Waals surface area contributed by atoms with Crippen molar-refractivity contribution in [3.8, 4) is 0 Å². The lowest BCUT2D eigenvalue weighted by molar-refractivity contribution is -0.153. The molecule has 0 bridgehead atoms. The fourth-order valence-corrected chi connectivity index (χ4v) is 2.55. The van der Waals surface area contributed by atoms with E-state index in [2.05, 4.69) is 15.4 Å². The minimum absolute atomic E-state index is 0.178. The van der Waals surface area contributed by atoms with Gasteiger partial charge in [0.15, 0.2) is 5.69 Å². The largest absolute Gasteiger partial charge is 0.481 e. The molecule has 2 N–H and O–H groups in total. The van der Waals surface area contributed by atoms with Crippen LogP contribution in [0.4, 0.5) is 0 Å². The van der Waals surface area contributed by atoms with Crippen molar-refractivity contribution in [2.75, 3.05) is 26.8 Å². The van der Waals surface area contributed by atoms with Gasteiger partial charge in [0.25, 0.3) is 5.91 Å². The Labute approximate surface area is 116 Å². The van der Waals surface area contributed by atoms with Gasteiger partial charge in [0, 0.05) is 26.8 Å². The summed E-state index contributed by atoms with van der Waals surface area (Å²) in [6, 6.07) is 0. The van der Waals surface area contributed by atoms with Crippen molar-refractivity contribution in [2.45, 2.75) is 19.3 Å². The van der Waals surface area contributed by atoms with Crippen LogP contribution in [0, 0.1) is 5.41 Å². The molecule has 0 radical (unpaired) electrons. The highest BCUT2D eigenvalue weighted by Crippen LogP contribution is 2.34. The van der Waals surface area contributed by atoms with Gasteiger partial charge >= 0.3 is 5.97 Å². The fraction of sp³-hybridized carbons (Fsp3) is 0.667. The van der Waals surface area contributed by atoms with Crippen LogP contribution >= 0.6 is 0 Å². The lowest BCUT2D eigenvalue weighted by Gasteiger charge is -2.39. The third kappa shape index (κ3) is 2.79. The van der Waals surface area contributed by atoms with Crippen LogP contribution in [0.2, 0.25) is 0 Å². The van der Waals surface area contributed by atoms with E-state index in [1.54, 1.807) is 0 Å². The zero-order valence-corrected chi connectivity index (χ0v) is 11.3. The minimum atomic E-state index is -0.937. The molecule has 1 unspecified atom stereocenters. The number of amides is 1. The SMILES string of the molecule is COCCC1(C(=O)O)CCCN(C(=O)c2cn[nH]n2)C1. The smallest absolute Gasteiger partial charge is 0.311 e. The number of carbonyl (C=O) groups excluding carboxylic acids is 1. The summed E-state index contributed by atoms with van der Waals surface area (Å²) in [5, 5.41) is 19.2. The molecule has 1 fully saturated rings. The molecular weight excluding hydrogens is 264 g/mol. The fourth-order valence-electron chi connectivity index (χ4n) is 2.55. The number of rotatable bonds is 5. The van der Waals surface area contributed by atoms with Crippen molar-refractivity contribution in [1.82, 2.24) is 20.3 Å². The molecule has 8 nitrogen and oxygen atoms in total. The van der Waals surface area contributed by atoms with Crippen molar-refractivity contribution in [3.05, 3.63) is 11.9 Å². The summed E-state index contributed by atoms with van der Waals surface area (Å²) in [5.41, 5.74) is -0.730. The highest BCUT2D eigenvalue weighted by atomic mass is 16.5. The van der Waals surface area contributed by atoms with Crippen molar-refractivity contribution < 1.29 is 19.4 Å². The van der Waals surface area contributed by atoms with Crippen molar-refractivity contribution in [1.29, 1.82) is 0 Å². The summed E-state index contributed by atoms with van der Waals surface area (Å²) in [6.45, 7) is 1.07. The summed E-state index contributed by atoms with van der Waals surface area (Å²) >= 11 is 0. The maximum absolute atomic E-state index is 12.2. The van der Waals surface area contributed by atoms with Gasteiger partial charge in [-0.3, -0.25) is 9.59 Å². The number of ether oxygens (including phenoxy) is 1. The van der Waals surface area contributed by atoms with E-state index in [4.69, 9.17) is 4.74 Å². The number of methoxy groups -OCH3 is 1. The van der Waals surface area contributed by atoms with E-state index in [9.17, 15) is 14.7 Å². The number of carbonyl (C=O) groups is 2. The Morgan fingerprint density at radius 1 is 1.60 bits per heavy atom. The summed E-state index contributed by atoms with van der Waals surface area (Å²) in [6.07, 6.45) is 2.93. The van der Waals surface area contributed by atoms with E-state index in [-0.39, 0.29) is 18.1 Å². The molecule has 0 saturated carbocycles. The maximum atomic E-state index is 12.2. The molecule has 2 rings (SSSR count). The van der Waals surface area contributed by atoms with Gasteiger partial charge in [-0.05, 0) is 19.3 Å². The predicted octanol–water partition coefficient (Wildman–Crippen LogP) is 0.148. The van der Waals surface area contributed by atoms with Crippen LogP contribution in [0.3, 0.4) is 0 Å². The van der Waals surface area contributed by atoms with Crippen molar-refractivity contribution in [2.24, 2.45) is 5.41 Å². The third-order valence-corrected chi connectivity index (χ3v) is 3.74. The number of aromatic amines is 1. The van der Waals surface area contributed by atoms with Gasteiger partial charge in [-0.1, -0.05) is 0 Å². The number of aromatic nitrogens is 3. The number of carboxylic acids is 1. The van der Waals surface area contributed by atoms with E-state index in [1.807, 2.05) is 0 Å². The van der Waals surface area contributed by atoms with Crippen LogP contribution in [0.25, 0.3) is 0 Å². The van der Waals surface area contributed by atoms with E-state index in [1.165, 1.54) is 18.2 Å². The monoisotopic (exact) mass is 282 g/mol. The van der Waals surface area contributed by atoms with Gasteiger partial charge < -0.3 is 14.7 Å². The molecule has 1 atom stereocenters. The van der Waals surface area contributed by atoms with Crippen LogP contribution < -0.4 is 0 Å². The van der Waals surface area contributed by atoms with Crippen molar-refractivity contribution >= 4 is 11.9 Å². The van der Waals surface area contributed by atoms with E-state index in [0.29, 0.717) is 32.4 Å². The van der Waals surface area contributed by atoms with Gasteiger partial charge in [0.2, 0.25) is 0 Å². The molecule has 1 aromatic rings. The number of piperidine rings is 1. The van der Waals surface area contributed by atoms with E-state index < -0.39 is 11.4 Å². The average Bonchev–Trinajstić information content (AvgIpc) is 2.98. The van der Waals surface area contributed by atoms with E-state index >= 15 is 0 Å². The Kier molecular flexibility index (Phi) is 4.33. The molecule has 0 aromatic carbocycles. The van der Waals surface area contributed by atoms with Gasteiger partial charge in [0.05, 0.1) is 11.6 Å². The Bertz CT molecular complexity index is 476. The second-order valence-electron chi connectivity index (χ2n) is 5.01. The number of hydrogen-bond acceptors (Lipinski definition) is 5. The number of nitrogens with zero attached hydrogens (tertiary/aromatic N) is 3. The average molecular weight is 282 g/mol. The quantitative estimate of drug-likeness (QED) is 0.795. The van der Waals surface area contributed by atoms with Crippen molar-refractivity contribution in [3.63, 3.8) is 0 Å². The molecular formula is C12H18N4O4. The van der Waals surface area contributed by atoms with Crippen LogP contribution in [-0.4, -0.2) is 64.1 Å². The molecule has 0 spiro atoms. The zero-order valence-electron chi connectivity index (χ0n) is 11.3. The number of H-pyrrole nitrogens is 1.